The predicted octanol–water partition coefficient (Wildman–Crippen LogP) is 1.48. The van der Waals surface area contributed by atoms with E-state index in [0.717, 1.165) is 0 Å². The Balaban J connectivity index is 3.23. The van der Waals surface area contributed by atoms with Crippen molar-refractivity contribution in [3.05, 3.63) is 33.9 Å². The van der Waals surface area contributed by atoms with Crippen molar-refractivity contribution >= 4 is 5.69 Å². The molecule has 0 N–H and O–H groups in total. The van der Waals surface area contributed by atoms with Crippen molar-refractivity contribution in [1.82, 2.24) is 0 Å². The summed E-state index contributed by atoms with van der Waals surface area (Å²) in [6, 6.07) is 5.89. The molecule has 0 bridgehead atoms. The summed E-state index contributed by atoms with van der Waals surface area (Å²) in [6.45, 7) is 0. The molecule has 0 aliphatic carbocycles. The van der Waals surface area contributed by atoms with Crippen LogP contribution in [0, 0.1) is 33.3 Å². The van der Waals surface area contributed by atoms with E-state index in [4.69, 9.17) is 10.00 Å². The Morgan fingerprint density at radius 3 is 2.80 bits per heavy atom. The quantitative estimate of drug-likeness (QED) is 0.413. The van der Waals surface area contributed by atoms with Gasteiger partial charge in [-0.1, -0.05) is 5.92 Å². The molecule has 15 heavy (non-hydrogen) atoms. The summed E-state index contributed by atoms with van der Waals surface area (Å²) in [5.41, 5.74) is 0.242. The first-order valence-electron chi connectivity index (χ1n) is 3.91. The fraction of sp³-hybridized carbons (Fsp3) is 0.100. The number of nitro groups is 1. The highest BCUT2D eigenvalue weighted by Gasteiger charge is 2.14. The number of nitrogens with zero attached hydrogens (tertiary/aromatic N) is 2. The van der Waals surface area contributed by atoms with Crippen LogP contribution in [0.5, 0.6) is 5.75 Å². The molecule has 0 fully saturated rings. The number of rotatable bonds is 2. The molecule has 1 aromatic rings. The molecule has 1 rings (SSSR count). The van der Waals surface area contributed by atoms with Crippen molar-refractivity contribution < 1.29 is 9.66 Å². The highest BCUT2D eigenvalue weighted by atomic mass is 16.6. The number of methoxy groups -OCH3 is 1. The van der Waals surface area contributed by atoms with Crippen LogP contribution in [0.2, 0.25) is 0 Å². The molecule has 0 aliphatic heterocycles. The minimum Gasteiger partial charge on any atom is -0.490 e. The molecular formula is C10H6N2O3. The molecular weight excluding hydrogens is 196 g/mol. The van der Waals surface area contributed by atoms with Crippen LogP contribution in [0.3, 0.4) is 0 Å². The standard InChI is InChI=1S/C10H6N2O3/c1-15-10-5-4-8(3-2-6-11)7-9(10)12(13)14/h4-5,7H,1H3. The van der Waals surface area contributed by atoms with E-state index in [1.165, 1.54) is 19.2 Å². The van der Waals surface area contributed by atoms with Crippen LogP contribution in [0.4, 0.5) is 5.69 Å². The second kappa shape index (κ2) is 4.64. The van der Waals surface area contributed by atoms with Crippen LogP contribution in [0.1, 0.15) is 5.56 Å². The average molecular weight is 202 g/mol. The normalized spacial score (nSPS) is 8.27. The maximum absolute atomic E-state index is 10.6. The van der Waals surface area contributed by atoms with E-state index >= 15 is 0 Å². The van der Waals surface area contributed by atoms with Crippen molar-refractivity contribution in [2.24, 2.45) is 0 Å². The van der Waals surface area contributed by atoms with Gasteiger partial charge < -0.3 is 4.74 Å². The molecule has 0 spiro atoms. The van der Waals surface area contributed by atoms with Crippen molar-refractivity contribution in [2.45, 2.75) is 0 Å². The van der Waals surface area contributed by atoms with Crippen LogP contribution in [0.15, 0.2) is 18.2 Å². The predicted molar refractivity (Wildman–Crippen MR) is 52.1 cm³/mol. The van der Waals surface area contributed by atoms with E-state index in [1.54, 1.807) is 12.1 Å². The number of hydrogen-bond donors (Lipinski definition) is 0. The summed E-state index contributed by atoms with van der Waals surface area (Å²) in [7, 11) is 1.35. The van der Waals surface area contributed by atoms with Crippen molar-refractivity contribution in [2.75, 3.05) is 7.11 Å². The van der Waals surface area contributed by atoms with E-state index < -0.39 is 4.92 Å². The Kier molecular flexibility index (Phi) is 3.26. The molecule has 0 aliphatic rings. The zero-order valence-electron chi connectivity index (χ0n) is 7.85. The summed E-state index contributed by atoms with van der Waals surface area (Å²) < 4.78 is 4.81. The van der Waals surface area contributed by atoms with Gasteiger partial charge in [0.05, 0.1) is 12.0 Å². The van der Waals surface area contributed by atoms with Gasteiger partial charge in [-0.2, -0.15) is 5.26 Å². The van der Waals surface area contributed by atoms with Gasteiger partial charge in [-0.3, -0.25) is 10.1 Å². The largest absolute Gasteiger partial charge is 0.490 e. The lowest BCUT2D eigenvalue weighted by Gasteiger charge is -2.00. The topological polar surface area (TPSA) is 76.2 Å². The minimum absolute atomic E-state index is 0.165. The van der Waals surface area contributed by atoms with Crippen LogP contribution >= 0.6 is 0 Å². The molecule has 0 saturated carbocycles. The molecule has 0 aromatic heterocycles. The number of ether oxygens (including phenoxy) is 1. The summed E-state index contributed by atoms with van der Waals surface area (Å²) in [5.74, 6) is 4.80. The van der Waals surface area contributed by atoms with Gasteiger partial charge in [-0.25, -0.2) is 0 Å². The fourth-order valence-electron chi connectivity index (χ4n) is 1.01. The molecule has 5 nitrogen and oxygen atoms in total. The molecule has 74 valence electrons. The van der Waals surface area contributed by atoms with Crippen LogP contribution in [0.25, 0.3) is 0 Å². The average Bonchev–Trinajstić information content (AvgIpc) is 2.25. The fourth-order valence-corrected chi connectivity index (χ4v) is 1.01. The monoisotopic (exact) mass is 202 g/mol. The Hall–Kier alpha value is -2.53. The number of benzene rings is 1. The van der Waals surface area contributed by atoms with Gasteiger partial charge in [0.2, 0.25) is 0 Å². The van der Waals surface area contributed by atoms with Crippen molar-refractivity contribution in [1.29, 1.82) is 5.26 Å². The van der Waals surface area contributed by atoms with Gasteiger partial charge in [0.15, 0.2) is 11.8 Å². The number of hydrogen-bond acceptors (Lipinski definition) is 4. The molecule has 1 aromatic carbocycles. The summed E-state index contributed by atoms with van der Waals surface area (Å²) in [5, 5.41) is 18.8. The Bertz CT molecular complexity index is 492. The lowest BCUT2D eigenvalue weighted by atomic mass is 10.2. The summed E-state index contributed by atoms with van der Waals surface area (Å²) >= 11 is 0. The van der Waals surface area contributed by atoms with Crippen molar-refractivity contribution in [3.8, 4) is 23.7 Å². The number of nitriles is 1. The van der Waals surface area contributed by atoms with E-state index in [9.17, 15) is 10.1 Å². The molecule has 0 saturated heterocycles. The highest BCUT2D eigenvalue weighted by Crippen LogP contribution is 2.26. The molecule has 0 unspecified atom stereocenters. The van der Waals surface area contributed by atoms with Gasteiger partial charge >= 0.3 is 5.69 Å². The van der Waals surface area contributed by atoms with Gasteiger partial charge in [-0.05, 0) is 12.1 Å². The van der Waals surface area contributed by atoms with Gasteiger partial charge in [0.1, 0.15) is 0 Å². The lowest BCUT2D eigenvalue weighted by molar-refractivity contribution is -0.385. The van der Waals surface area contributed by atoms with Gasteiger partial charge in [0, 0.05) is 17.6 Å². The Morgan fingerprint density at radius 1 is 1.53 bits per heavy atom. The third kappa shape index (κ3) is 2.45. The summed E-state index contributed by atoms with van der Waals surface area (Å²) in [6.07, 6.45) is 0. The minimum atomic E-state index is -0.559. The Labute approximate surface area is 86.0 Å². The Morgan fingerprint density at radius 2 is 2.27 bits per heavy atom. The van der Waals surface area contributed by atoms with Crippen LogP contribution in [-0.4, -0.2) is 12.0 Å². The van der Waals surface area contributed by atoms with Gasteiger partial charge in [0.25, 0.3) is 0 Å². The van der Waals surface area contributed by atoms with E-state index in [2.05, 4.69) is 11.8 Å². The molecule has 0 amide bonds. The third-order valence-electron chi connectivity index (χ3n) is 1.64. The molecule has 0 radical (unpaired) electrons. The second-order valence-corrected chi connectivity index (χ2v) is 2.51. The van der Waals surface area contributed by atoms with Gasteiger partial charge in [-0.15, -0.1) is 0 Å². The number of nitro benzene ring substituents is 1. The van der Waals surface area contributed by atoms with E-state index in [0.29, 0.717) is 5.56 Å². The van der Waals surface area contributed by atoms with E-state index in [1.807, 2.05) is 0 Å². The molecule has 0 heterocycles. The zero-order chi connectivity index (χ0) is 11.3. The first-order valence-corrected chi connectivity index (χ1v) is 3.91. The SMILES string of the molecule is COc1ccc(C#CC#N)cc1[N+](=O)[O-]. The van der Waals surface area contributed by atoms with Crippen LogP contribution in [-0.2, 0) is 0 Å². The maximum Gasteiger partial charge on any atom is 0.312 e. The first kappa shape index (κ1) is 10.6. The van der Waals surface area contributed by atoms with Crippen molar-refractivity contribution in [3.63, 3.8) is 0 Å². The second-order valence-electron chi connectivity index (χ2n) is 2.51. The smallest absolute Gasteiger partial charge is 0.312 e. The molecule has 0 atom stereocenters. The summed E-state index contributed by atoms with van der Waals surface area (Å²) in [4.78, 5) is 10.1. The lowest BCUT2D eigenvalue weighted by Crippen LogP contribution is -1.94. The zero-order valence-corrected chi connectivity index (χ0v) is 7.85. The maximum atomic E-state index is 10.6. The first-order chi connectivity index (χ1) is 7.19. The third-order valence-corrected chi connectivity index (χ3v) is 1.64. The molecule has 5 heteroatoms. The van der Waals surface area contributed by atoms with Crippen LogP contribution < -0.4 is 4.74 Å². The highest BCUT2D eigenvalue weighted by molar-refractivity contribution is 5.53. The van der Waals surface area contributed by atoms with E-state index in [-0.39, 0.29) is 11.4 Å².